The maximum Gasteiger partial charge on any atom is 0.158 e. The first-order valence-corrected chi connectivity index (χ1v) is 4.85. The first kappa shape index (κ1) is 11.3. The molecule has 3 nitrogen and oxygen atoms in total. The minimum absolute atomic E-state index is 0.112. The molecule has 0 aromatic heterocycles. The SMILES string of the molecule is C=CC(O)C#CCOC1CCCCO1. The molecule has 1 N–H and O–H groups in total. The molecule has 1 rings (SSSR count). The third-order valence-corrected chi connectivity index (χ3v) is 1.95. The Bertz CT molecular complexity index is 220. The largest absolute Gasteiger partial charge is 0.377 e. The van der Waals surface area contributed by atoms with Crippen LogP contribution in [0.1, 0.15) is 19.3 Å². The Morgan fingerprint density at radius 1 is 1.64 bits per heavy atom. The predicted octanol–water partition coefficient (Wildman–Crippen LogP) is 1.08. The minimum Gasteiger partial charge on any atom is -0.377 e. The van der Waals surface area contributed by atoms with E-state index in [0.29, 0.717) is 6.61 Å². The first-order chi connectivity index (χ1) is 6.83. The topological polar surface area (TPSA) is 38.7 Å². The summed E-state index contributed by atoms with van der Waals surface area (Å²) in [6, 6.07) is 0. The number of aliphatic hydroxyl groups is 1. The highest BCUT2D eigenvalue weighted by Crippen LogP contribution is 2.12. The van der Waals surface area contributed by atoms with Crippen molar-refractivity contribution in [2.45, 2.75) is 31.7 Å². The van der Waals surface area contributed by atoms with Gasteiger partial charge in [0.25, 0.3) is 0 Å². The molecule has 0 bridgehead atoms. The fourth-order valence-electron chi connectivity index (χ4n) is 1.18. The van der Waals surface area contributed by atoms with Crippen molar-refractivity contribution in [1.82, 2.24) is 0 Å². The fourth-order valence-corrected chi connectivity index (χ4v) is 1.18. The van der Waals surface area contributed by atoms with Crippen LogP contribution < -0.4 is 0 Å². The van der Waals surface area contributed by atoms with E-state index in [1.54, 1.807) is 0 Å². The van der Waals surface area contributed by atoms with Gasteiger partial charge >= 0.3 is 0 Å². The van der Waals surface area contributed by atoms with Gasteiger partial charge in [-0.25, -0.2) is 0 Å². The molecule has 0 aromatic rings. The van der Waals surface area contributed by atoms with Crippen LogP contribution >= 0.6 is 0 Å². The number of aliphatic hydroxyl groups excluding tert-OH is 1. The van der Waals surface area contributed by atoms with E-state index in [0.717, 1.165) is 25.9 Å². The summed E-state index contributed by atoms with van der Waals surface area (Å²) in [6.45, 7) is 4.48. The molecule has 0 spiro atoms. The molecular weight excluding hydrogens is 180 g/mol. The zero-order valence-corrected chi connectivity index (χ0v) is 8.24. The van der Waals surface area contributed by atoms with E-state index < -0.39 is 6.10 Å². The van der Waals surface area contributed by atoms with Crippen LogP contribution in [0.25, 0.3) is 0 Å². The maximum atomic E-state index is 9.02. The quantitative estimate of drug-likeness (QED) is 0.542. The smallest absolute Gasteiger partial charge is 0.158 e. The van der Waals surface area contributed by atoms with Crippen molar-refractivity contribution in [1.29, 1.82) is 0 Å². The van der Waals surface area contributed by atoms with E-state index in [4.69, 9.17) is 14.6 Å². The summed E-state index contributed by atoms with van der Waals surface area (Å²) in [5.41, 5.74) is 0. The molecule has 1 heterocycles. The molecule has 0 radical (unpaired) electrons. The van der Waals surface area contributed by atoms with Crippen molar-refractivity contribution < 1.29 is 14.6 Å². The summed E-state index contributed by atoms with van der Waals surface area (Å²) in [7, 11) is 0. The molecule has 2 unspecified atom stereocenters. The van der Waals surface area contributed by atoms with Crippen LogP contribution in [0.15, 0.2) is 12.7 Å². The van der Waals surface area contributed by atoms with Gasteiger partial charge < -0.3 is 14.6 Å². The van der Waals surface area contributed by atoms with Crippen LogP contribution in [0.3, 0.4) is 0 Å². The first-order valence-electron chi connectivity index (χ1n) is 4.85. The molecule has 78 valence electrons. The molecule has 1 saturated heterocycles. The van der Waals surface area contributed by atoms with Crippen LogP contribution in [-0.2, 0) is 9.47 Å². The summed E-state index contributed by atoms with van der Waals surface area (Å²) >= 11 is 0. The van der Waals surface area contributed by atoms with Gasteiger partial charge in [0.05, 0.1) is 0 Å². The summed E-state index contributed by atoms with van der Waals surface area (Å²) in [4.78, 5) is 0. The molecule has 0 aliphatic carbocycles. The number of rotatable bonds is 3. The van der Waals surface area contributed by atoms with E-state index in [-0.39, 0.29) is 6.29 Å². The zero-order chi connectivity index (χ0) is 10.2. The standard InChI is InChI=1S/C11H16O3/c1-2-10(12)6-5-9-14-11-7-3-4-8-13-11/h2,10-12H,1,3-4,7-9H2. The highest BCUT2D eigenvalue weighted by molar-refractivity contribution is 5.10. The van der Waals surface area contributed by atoms with E-state index >= 15 is 0 Å². The van der Waals surface area contributed by atoms with E-state index in [1.165, 1.54) is 6.08 Å². The Morgan fingerprint density at radius 3 is 3.14 bits per heavy atom. The average Bonchev–Trinajstić information content (AvgIpc) is 2.25. The van der Waals surface area contributed by atoms with Gasteiger partial charge in [-0.15, -0.1) is 0 Å². The lowest BCUT2D eigenvalue weighted by molar-refractivity contribution is -0.154. The second-order valence-corrected chi connectivity index (χ2v) is 3.11. The highest BCUT2D eigenvalue weighted by atomic mass is 16.7. The van der Waals surface area contributed by atoms with Crippen LogP contribution in [-0.4, -0.2) is 30.7 Å². The predicted molar refractivity (Wildman–Crippen MR) is 53.5 cm³/mol. The molecule has 1 aliphatic heterocycles. The summed E-state index contributed by atoms with van der Waals surface area (Å²) in [5.74, 6) is 5.29. The Labute approximate surface area is 84.7 Å². The third-order valence-electron chi connectivity index (χ3n) is 1.95. The molecule has 2 atom stereocenters. The van der Waals surface area contributed by atoms with E-state index in [9.17, 15) is 0 Å². The van der Waals surface area contributed by atoms with Gasteiger partial charge in [0.15, 0.2) is 6.29 Å². The molecule has 1 fully saturated rings. The molecule has 14 heavy (non-hydrogen) atoms. The number of hydrogen-bond acceptors (Lipinski definition) is 3. The van der Waals surface area contributed by atoms with Gasteiger partial charge in [-0.2, -0.15) is 0 Å². The van der Waals surface area contributed by atoms with Crippen molar-refractivity contribution in [2.75, 3.05) is 13.2 Å². The van der Waals surface area contributed by atoms with Crippen LogP contribution in [0.5, 0.6) is 0 Å². The zero-order valence-electron chi connectivity index (χ0n) is 8.24. The molecule has 3 heteroatoms. The molecule has 0 aromatic carbocycles. The van der Waals surface area contributed by atoms with Gasteiger partial charge in [-0.3, -0.25) is 0 Å². The van der Waals surface area contributed by atoms with Gasteiger partial charge in [0.2, 0.25) is 0 Å². The lowest BCUT2D eigenvalue weighted by Gasteiger charge is -2.21. The normalized spacial score (nSPS) is 23.4. The maximum absolute atomic E-state index is 9.02. The molecule has 1 aliphatic rings. The number of ether oxygens (including phenoxy) is 2. The van der Waals surface area contributed by atoms with Gasteiger partial charge in [0.1, 0.15) is 12.7 Å². The van der Waals surface area contributed by atoms with E-state index in [1.807, 2.05) is 0 Å². The highest BCUT2D eigenvalue weighted by Gasteiger charge is 2.12. The summed E-state index contributed by atoms with van der Waals surface area (Å²) in [5, 5.41) is 9.02. The van der Waals surface area contributed by atoms with Crippen LogP contribution in [0.2, 0.25) is 0 Å². The Hall–Kier alpha value is -0.820. The van der Waals surface area contributed by atoms with Crippen LogP contribution in [0, 0.1) is 11.8 Å². The van der Waals surface area contributed by atoms with Gasteiger partial charge in [-0.1, -0.05) is 24.5 Å². The monoisotopic (exact) mass is 196 g/mol. The summed E-state index contributed by atoms with van der Waals surface area (Å²) in [6.07, 6.45) is 3.70. The lowest BCUT2D eigenvalue weighted by atomic mass is 10.2. The Balaban J connectivity index is 2.12. The van der Waals surface area contributed by atoms with Gasteiger partial charge in [-0.05, 0) is 19.3 Å². The van der Waals surface area contributed by atoms with Crippen molar-refractivity contribution in [3.63, 3.8) is 0 Å². The number of hydrogen-bond donors (Lipinski definition) is 1. The molecule has 0 amide bonds. The molecular formula is C11H16O3. The third kappa shape index (κ3) is 4.43. The second-order valence-electron chi connectivity index (χ2n) is 3.11. The lowest BCUT2D eigenvalue weighted by Crippen LogP contribution is -2.22. The fraction of sp³-hybridized carbons (Fsp3) is 0.636. The minimum atomic E-state index is -0.758. The second kappa shape index (κ2) is 6.61. The van der Waals surface area contributed by atoms with Crippen LogP contribution in [0.4, 0.5) is 0 Å². The average molecular weight is 196 g/mol. The van der Waals surface area contributed by atoms with E-state index in [2.05, 4.69) is 18.4 Å². The summed E-state index contributed by atoms with van der Waals surface area (Å²) < 4.78 is 10.7. The Morgan fingerprint density at radius 2 is 2.50 bits per heavy atom. The van der Waals surface area contributed by atoms with Crippen molar-refractivity contribution in [3.05, 3.63) is 12.7 Å². The Kier molecular flexibility index (Phi) is 5.31. The van der Waals surface area contributed by atoms with Crippen molar-refractivity contribution in [3.8, 4) is 11.8 Å². The van der Waals surface area contributed by atoms with Crippen molar-refractivity contribution >= 4 is 0 Å². The molecule has 0 saturated carbocycles. The van der Waals surface area contributed by atoms with Gasteiger partial charge in [0, 0.05) is 6.61 Å². The van der Waals surface area contributed by atoms with Crippen molar-refractivity contribution in [2.24, 2.45) is 0 Å².